The molecule has 0 radical (unpaired) electrons. The number of hydrogen-bond acceptors (Lipinski definition) is 5. The summed E-state index contributed by atoms with van der Waals surface area (Å²) in [6.45, 7) is 1.93. The first-order chi connectivity index (χ1) is 13.5. The van der Waals surface area contributed by atoms with Crippen LogP contribution in [0.5, 0.6) is 5.75 Å². The fourth-order valence-electron chi connectivity index (χ4n) is 2.58. The van der Waals surface area contributed by atoms with Crippen molar-refractivity contribution in [2.75, 3.05) is 12.4 Å². The second kappa shape index (κ2) is 8.63. The number of hydrogen-bond donors (Lipinski definition) is 2. The van der Waals surface area contributed by atoms with Gasteiger partial charge in [-0.25, -0.2) is 0 Å². The Morgan fingerprint density at radius 3 is 2.46 bits per heavy atom. The summed E-state index contributed by atoms with van der Waals surface area (Å²) < 4.78 is 10.2. The Morgan fingerprint density at radius 2 is 1.86 bits per heavy atom. The first-order valence-corrected chi connectivity index (χ1v) is 8.91. The van der Waals surface area contributed by atoms with Gasteiger partial charge in [-0.2, -0.15) is 0 Å². The number of halogens is 1. The van der Waals surface area contributed by atoms with Crippen LogP contribution in [0, 0.1) is 6.92 Å². The molecule has 0 bridgehead atoms. The Kier molecular flexibility index (Phi) is 6.01. The van der Waals surface area contributed by atoms with Crippen molar-refractivity contribution in [2.24, 2.45) is 0 Å². The predicted octanol–water partition coefficient (Wildman–Crippen LogP) is 4.30. The van der Waals surface area contributed by atoms with Crippen LogP contribution in [-0.4, -0.2) is 25.0 Å². The largest absolute Gasteiger partial charge is 0.495 e. The smallest absolute Gasteiger partial charge is 0.288 e. The van der Waals surface area contributed by atoms with E-state index in [2.05, 4.69) is 10.6 Å². The maximum atomic E-state index is 13.0. The number of amides is 1. The quantitative estimate of drug-likeness (QED) is 0.458. The van der Waals surface area contributed by atoms with Gasteiger partial charge in [-0.05, 0) is 37.3 Å². The molecule has 0 unspecified atom stereocenters. The summed E-state index contributed by atoms with van der Waals surface area (Å²) in [7, 11) is 1.52. The maximum Gasteiger partial charge on any atom is 0.288 e. The van der Waals surface area contributed by atoms with Gasteiger partial charge in [0, 0.05) is 11.3 Å². The zero-order valence-corrected chi connectivity index (χ0v) is 16.1. The molecule has 0 spiro atoms. The Balaban J connectivity index is 1.87. The zero-order chi connectivity index (χ0) is 20.1. The number of rotatable bonds is 7. The zero-order valence-electron chi connectivity index (χ0n) is 15.4. The van der Waals surface area contributed by atoms with Crippen molar-refractivity contribution < 1.29 is 18.7 Å². The number of carbonyl (C=O) groups excluding carboxylic acids is 2. The van der Waals surface area contributed by atoms with Crippen molar-refractivity contribution in [1.82, 2.24) is 5.32 Å². The average molecular weight is 399 g/mol. The van der Waals surface area contributed by atoms with Crippen LogP contribution in [0.3, 0.4) is 0 Å². The molecule has 0 aliphatic rings. The van der Waals surface area contributed by atoms with Crippen molar-refractivity contribution in [3.8, 4) is 5.75 Å². The third-order valence-electron chi connectivity index (χ3n) is 4.08. The fourth-order valence-corrected chi connectivity index (χ4v) is 2.84. The highest BCUT2D eigenvalue weighted by Crippen LogP contribution is 2.27. The van der Waals surface area contributed by atoms with E-state index in [9.17, 15) is 9.59 Å². The van der Waals surface area contributed by atoms with E-state index in [1.54, 1.807) is 36.4 Å². The molecule has 2 aromatic carbocycles. The minimum Gasteiger partial charge on any atom is -0.495 e. The van der Waals surface area contributed by atoms with Gasteiger partial charge in [0.25, 0.3) is 5.91 Å². The van der Waals surface area contributed by atoms with E-state index in [4.69, 9.17) is 20.8 Å². The van der Waals surface area contributed by atoms with E-state index in [-0.39, 0.29) is 11.5 Å². The van der Waals surface area contributed by atoms with Crippen LogP contribution < -0.4 is 15.4 Å². The monoisotopic (exact) mass is 398 g/mol. The van der Waals surface area contributed by atoms with Gasteiger partial charge in [-0.15, -0.1) is 0 Å². The Morgan fingerprint density at radius 1 is 1.11 bits per heavy atom. The van der Waals surface area contributed by atoms with Crippen molar-refractivity contribution in [3.05, 3.63) is 82.8 Å². The molecule has 2 N–H and O–H groups in total. The van der Waals surface area contributed by atoms with Crippen LogP contribution in [0.25, 0.3) is 0 Å². The maximum absolute atomic E-state index is 13.0. The number of furan rings is 1. The summed E-state index contributed by atoms with van der Waals surface area (Å²) in [6, 6.07) is 15.2. The third-order valence-corrected chi connectivity index (χ3v) is 4.38. The van der Waals surface area contributed by atoms with Gasteiger partial charge in [-0.3, -0.25) is 9.59 Å². The summed E-state index contributed by atoms with van der Waals surface area (Å²) in [4.78, 5) is 25.4. The molecule has 1 heterocycles. The highest BCUT2D eigenvalue weighted by molar-refractivity contribution is 6.32. The molecule has 6 nitrogen and oxygen atoms in total. The SMILES string of the molecule is COc1ccc(N[C@H](NC(=O)c2ccco2)C(=O)c2ccc(C)cc2)cc1Cl. The van der Waals surface area contributed by atoms with Gasteiger partial charge in [-0.1, -0.05) is 41.4 Å². The Bertz CT molecular complexity index is 969. The number of ether oxygens (including phenoxy) is 1. The van der Waals surface area contributed by atoms with E-state index < -0.39 is 12.1 Å². The molecule has 28 heavy (non-hydrogen) atoms. The summed E-state index contributed by atoms with van der Waals surface area (Å²) in [5.74, 6) is -0.195. The molecule has 3 rings (SSSR count). The molecule has 0 fully saturated rings. The number of aryl methyl sites for hydroxylation is 1. The van der Waals surface area contributed by atoms with Gasteiger partial charge in [0.15, 0.2) is 11.9 Å². The lowest BCUT2D eigenvalue weighted by Crippen LogP contribution is -2.46. The number of Topliss-reactive ketones (excluding diaryl/α,β-unsaturated/α-hetero) is 1. The number of ketones is 1. The Labute approximate surface area is 167 Å². The molecule has 1 amide bonds. The van der Waals surface area contributed by atoms with Crippen molar-refractivity contribution in [1.29, 1.82) is 0 Å². The van der Waals surface area contributed by atoms with E-state index >= 15 is 0 Å². The standard InChI is InChI=1S/C21H19ClN2O4/c1-13-5-7-14(8-6-13)19(25)20(24-21(26)18-4-3-11-28-18)23-15-9-10-17(27-2)16(22)12-15/h3-12,20,23H,1-2H3,(H,24,26)/t20-/m1/s1. The second-order valence-corrected chi connectivity index (χ2v) is 6.51. The van der Waals surface area contributed by atoms with Crippen LogP contribution in [0.4, 0.5) is 5.69 Å². The molecule has 0 saturated carbocycles. The van der Waals surface area contributed by atoms with Crippen molar-refractivity contribution in [2.45, 2.75) is 13.1 Å². The third kappa shape index (κ3) is 4.53. The highest BCUT2D eigenvalue weighted by Gasteiger charge is 2.24. The van der Waals surface area contributed by atoms with E-state index in [0.717, 1.165) is 5.56 Å². The van der Waals surface area contributed by atoms with Gasteiger partial charge in [0.2, 0.25) is 5.78 Å². The topological polar surface area (TPSA) is 80.6 Å². The molecular weight excluding hydrogens is 380 g/mol. The molecule has 0 aliphatic heterocycles. The van der Waals surface area contributed by atoms with Gasteiger partial charge < -0.3 is 19.8 Å². The van der Waals surface area contributed by atoms with E-state index in [0.29, 0.717) is 22.0 Å². The molecule has 0 saturated heterocycles. The summed E-state index contributed by atoms with van der Waals surface area (Å²) in [5.41, 5.74) is 2.04. The molecule has 144 valence electrons. The number of carbonyl (C=O) groups is 2. The first kappa shape index (κ1) is 19.5. The lowest BCUT2D eigenvalue weighted by atomic mass is 10.1. The minimum absolute atomic E-state index is 0.108. The first-order valence-electron chi connectivity index (χ1n) is 8.53. The van der Waals surface area contributed by atoms with E-state index in [1.807, 2.05) is 19.1 Å². The summed E-state index contributed by atoms with van der Waals surface area (Å²) in [6.07, 6.45) is 0.368. The summed E-state index contributed by atoms with van der Waals surface area (Å²) in [5, 5.41) is 6.06. The molecule has 1 atom stereocenters. The predicted molar refractivity (Wildman–Crippen MR) is 107 cm³/mol. The van der Waals surface area contributed by atoms with Crippen LogP contribution >= 0.6 is 11.6 Å². The Hall–Kier alpha value is -3.25. The van der Waals surface area contributed by atoms with Gasteiger partial charge >= 0.3 is 0 Å². The molecule has 0 aliphatic carbocycles. The van der Waals surface area contributed by atoms with Gasteiger partial charge in [0.1, 0.15) is 5.75 Å². The fraction of sp³-hybridized carbons (Fsp3) is 0.143. The van der Waals surface area contributed by atoms with E-state index in [1.165, 1.54) is 19.4 Å². The van der Waals surface area contributed by atoms with Crippen molar-refractivity contribution >= 4 is 29.0 Å². The normalized spacial score (nSPS) is 11.5. The van der Waals surface area contributed by atoms with Crippen LogP contribution in [-0.2, 0) is 0 Å². The molecular formula is C21H19ClN2O4. The molecule has 7 heteroatoms. The van der Waals surface area contributed by atoms with Crippen LogP contribution in [0.15, 0.2) is 65.3 Å². The lowest BCUT2D eigenvalue weighted by molar-refractivity contribution is 0.0853. The van der Waals surface area contributed by atoms with Crippen LogP contribution in [0.1, 0.15) is 26.5 Å². The lowest BCUT2D eigenvalue weighted by Gasteiger charge is -2.20. The summed E-state index contributed by atoms with van der Waals surface area (Å²) >= 11 is 6.16. The molecule has 1 aromatic heterocycles. The minimum atomic E-state index is -1.02. The number of methoxy groups -OCH3 is 1. The molecule has 3 aromatic rings. The number of nitrogens with one attached hydrogen (secondary N) is 2. The average Bonchev–Trinajstić information content (AvgIpc) is 3.22. The number of anilines is 1. The highest BCUT2D eigenvalue weighted by atomic mass is 35.5. The number of benzene rings is 2. The second-order valence-electron chi connectivity index (χ2n) is 6.11. The van der Waals surface area contributed by atoms with Gasteiger partial charge in [0.05, 0.1) is 18.4 Å². The van der Waals surface area contributed by atoms with Crippen molar-refractivity contribution in [3.63, 3.8) is 0 Å². The van der Waals surface area contributed by atoms with Crippen LogP contribution in [0.2, 0.25) is 5.02 Å².